The van der Waals surface area contributed by atoms with Crippen LogP contribution in [0.4, 0.5) is 0 Å². The van der Waals surface area contributed by atoms with Gasteiger partial charge in [0.15, 0.2) is 0 Å². The molecule has 1 aliphatic carbocycles. The largest absolute Gasteiger partial charge is 0.313 e. The molecule has 0 atom stereocenters. The minimum absolute atomic E-state index is 0.235. The van der Waals surface area contributed by atoms with E-state index in [-0.39, 0.29) is 5.75 Å². The molecule has 2 rings (SSSR count). The number of hydrogen-bond donors (Lipinski definition) is 1. The predicted molar refractivity (Wildman–Crippen MR) is 74.7 cm³/mol. The van der Waals surface area contributed by atoms with Gasteiger partial charge in [-0.3, -0.25) is 0 Å². The van der Waals surface area contributed by atoms with Crippen LogP contribution < -0.4 is 5.32 Å². The summed E-state index contributed by atoms with van der Waals surface area (Å²) in [5, 5.41) is 3.31. The topological polar surface area (TPSA) is 46.2 Å². The van der Waals surface area contributed by atoms with Crippen LogP contribution in [0, 0.1) is 6.92 Å². The summed E-state index contributed by atoms with van der Waals surface area (Å²) < 4.78 is 22.0. The van der Waals surface area contributed by atoms with E-state index in [9.17, 15) is 8.42 Å². The van der Waals surface area contributed by atoms with E-state index in [1.165, 1.54) is 17.4 Å². The summed E-state index contributed by atoms with van der Waals surface area (Å²) in [4.78, 5) is 0. The molecule has 0 spiro atoms. The summed E-state index contributed by atoms with van der Waals surface area (Å²) >= 11 is 0. The fourth-order valence-electron chi connectivity index (χ4n) is 2.43. The van der Waals surface area contributed by atoms with Crippen molar-refractivity contribution in [2.24, 2.45) is 0 Å². The van der Waals surface area contributed by atoms with Crippen molar-refractivity contribution in [2.45, 2.75) is 31.7 Å². The van der Waals surface area contributed by atoms with E-state index in [1.54, 1.807) is 0 Å². The summed E-state index contributed by atoms with van der Waals surface area (Å²) in [5.41, 5.74) is 2.72. The zero-order valence-corrected chi connectivity index (χ0v) is 11.8. The number of nitrogens with one attached hydrogen (secondary N) is 1. The first kappa shape index (κ1) is 13.6. The first-order chi connectivity index (χ1) is 8.44. The van der Waals surface area contributed by atoms with Gasteiger partial charge in [0.1, 0.15) is 9.84 Å². The van der Waals surface area contributed by atoms with Crippen LogP contribution in [0.1, 0.15) is 29.9 Å². The zero-order chi connectivity index (χ0) is 13.2. The molecule has 100 valence electrons. The Kier molecular flexibility index (Phi) is 4.07. The van der Waals surface area contributed by atoms with E-state index in [1.807, 2.05) is 0 Å². The zero-order valence-electron chi connectivity index (χ0n) is 11.0. The Morgan fingerprint density at radius 1 is 1.33 bits per heavy atom. The third-order valence-electron chi connectivity index (χ3n) is 3.56. The van der Waals surface area contributed by atoms with Crippen molar-refractivity contribution in [2.75, 3.05) is 18.6 Å². The van der Waals surface area contributed by atoms with Crippen molar-refractivity contribution >= 4 is 9.84 Å². The predicted octanol–water partition coefficient (Wildman–Crippen LogP) is 1.88. The van der Waals surface area contributed by atoms with Crippen LogP contribution >= 0.6 is 0 Å². The van der Waals surface area contributed by atoms with Crippen LogP contribution in [0.25, 0.3) is 0 Å². The first-order valence-corrected chi connectivity index (χ1v) is 8.48. The summed E-state index contributed by atoms with van der Waals surface area (Å²) in [6, 6.07) is 9.14. The maximum absolute atomic E-state index is 11.0. The Labute approximate surface area is 110 Å². The van der Waals surface area contributed by atoms with Gasteiger partial charge >= 0.3 is 0 Å². The van der Waals surface area contributed by atoms with Crippen LogP contribution in [0.15, 0.2) is 24.3 Å². The molecule has 0 unspecified atom stereocenters. The fourth-order valence-corrected chi connectivity index (χ4v) is 2.92. The lowest BCUT2D eigenvalue weighted by Crippen LogP contribution is -2.41. The van der Waals surface area contributed by atoms with Crippen molar-refractivity contribution in [3.63, 3.8) is 0 Å². The van der Waals surface area contributed by atoms with Gasteiger partial charge in [0.05, 0.1) is 5.75 Å². The van der Waals surface area contributed by atoms with Gasteiger partial charge in [0.25, 0.3) is 0 Å². The maximum Gasteiger partial charge on any atom is 0.148 e. The average molecular weight is 267 g/mol. The Morgan fingerprint density at radius 3 is 2.67 bits per heavy atom. The summed E-state index contributed by atoms with van der Waals surface area (Å²) in [5.74, 6) is 0.874. The van der Waals surface area contributed by atoms with E-state index in [0.717, 1.165) is 12.8 Å². The number of aryl methyl sites for hydroxylation is 1. The lowest BCUT2D eigenvalue weighted by atomic mass is 9.75. The molecule has 0 amide bonds. The molecule has 0 aromatic heterocycles. The minimum atomic E-state index is -2.84. The van der Waals surface area contributed by atoms with Crippen LogP contribution in [0.5, 0.6) is 0 Å². The smallest absolute Gasteiger partial charge is 0.148 e. The molecule has 4 heteroatoms. The Morgan fingerprint density at radius 2 is 2.06 bits per heavy atom. The van der Waals surface area contributed by atoms with Gasteiger partial charge in [-0.25, -0.2) is 8.42 Å². The molecule has 1 fully saturated rings. The lowest BCUT2D eigenvalue weighted by Gasteiger charge is -2.36. The van der Waals surface area contributed by atoms with E-state index in [0.29, 0.717) is 18.5 Å². The standard InChI is InChI=1S/C14H21NO2S/c1-11-4-3-5-12(8-11)13-9-14(10-13)15-6-7-18(2,16)17/h3-5,8,13-15H,6-7,9-10H2,1-2H3. The van der Waals surface area contributed by atoms with Crippen molar-refractivity contribution in [1.29, 1.82) is 0 Å². The maximum atomic E-state index is 11.0. The molecule has 1 aromatic rings. The van der Waals surface area contributed by atoms with E-state index >= 15 is 0 Å². The van der Waals surface area contributed by atoms with Crippen molar-refractivity contribution in [3.05, 3.63) is 35.4 Å². The number of sulfone groups is 1. The molecule has 0 heterocycles. The summed E-state index contributed by atoms with van der Waals surface area (Å²) in [6.07, 6.45) is 3.52. The molecule has 0 radical (unpaired) electrons. The SMILES string of the molecule is Cc1cccc(C2CC(NCCS(C)(=O)=O)C2)c1. The highest BCUT2D eigenvalue weighted by molar-refractivity contribution is 7.90. The highest BCUT2D eigenvalue weighted by Gasteiger charge is 2.29. The Bertz CT molecular complexity index is 504. The van der Waals surface area contributed by atoms with Gasteiger partial charge in [-0.15, -0.1) is 0 Å². The monoisotopic (exact) mass is 267 g/mol. The Balaban J connectivity index is 1.74. The third kappa shape index (κ3) is 3.82. The molecule has 0 bridgehead atoms. The molecular weight excluding hydrogens is 246 g/mol. The lowest BCUT2D eigenvalue weighted by molar-refractivity contribution is 0.296. The van der Waals surface area contributed by atoms with Crippen LogP contribution in [0.3, 0.4) is 0 Å². The van der Waals surface area contributed by atoms with Gasteiger partial charge in [-0.05, 0) is 31.2 Å². The molecular formula is C14H21NO2S. The van der Waals surface area contributed by atoms with Gasteiger partial charge in [-0.2, -0.15) is 0 Å². The highest BCUT2D eigenvalue weighted by atomic mass is 32.2. The quantitative estimate of drug-likeness (QED) is 0.886. The summed E-state index contributed by atoms with van der Waals surface area (Å²) in [6.45, 7) is 2.69. The van der Waals surface area contributed by atoms with Gasteiger partial charge < -0.3 is 5.32 Å². The molecule has 1 aliphatic rings. The number of hydrogen-bond acceptors (Lipinski definition) is 3. The molecule has 3 nitrogen and oxygen atoms in total. The minimum Gasteiger partial charge on any atom is -0.313 e. The fraction of sp³-hybridized carbons (Fsp3) is 0.571. The summed E-state index contributed by atoms with van der Waals surface area (Å²) in [7, 11) is -2.84. The van der Waals surface area contributed by atoms with Gasteiger partial charge in [0.2, 0.25) is 0 Å². The second-order valence-corrected chi connectivity index (χ2v) is 7.62. The van der Waals surface area contributed by atoms with Gasteiger partial charge in [0, 0.05) is 18.8 Å². The molecule has 0 aliphatic heterocycles. The molecule has 1 aromatic carbocycles. The highest BCUT2D eigenvalue weighted by Crippen LogP contribution is 2.36. The van der Waals surface area contributed by atoms with Gasteiger partial charge in [-0.1, -0.05) is 29.8 Å². The average Bonchev–Trinajstić information content (AvgIpc) is 2.19. The molecule has 1 N–H and O–H groups in total. The second kappa shape index (κ2) is 5.41. The first-order valence-electron chi connectivity index (χ1n) is 6.42. The van der Waals surface area contributed by atoms with E-state index in [2.05, 4.69) is 36.5 Å². The van der Waals surface area contributed by atoms with Crippen molar-refractivity contribution < 1.29 is 8.42 Å². The Hall–Kier alpha value is -0.870. The third-order valence-corrected chi connectivity index (χ3v) is 4.50. The van der Waals surface area contributed by atoms with E-state index in [4.69, 9.17) is 0 Å². The molecule has 0 saturated heterocycles. The number of rotatable bonds is 5. The molecule has 1 saturated carbocycles. The number of benzene rings is 1. The van der Waals surface area contributed by atoms with Crippen LogP contribution in [0.2, 0.25) is 0 Å². The normalized spacial score (nSPS) is 23.7. The van der Waals surface area contributed by atoms with E-state index < -0.39 is 9.84 Å². The van der Waals surface area contributed by atoms with Crippen LogP contribution in [-0.2, 0) is 9.84 Å². The second-order valence-electron chi connectivity index (χ2n) is 5.36. The van der Waals surface area contributed by atoms with Crippen molar-refractivity contribution in [1.82, 2.24) is 5.32 Å². The van der Waals surface area contributed by atoms with Crippen molar-refractivity contribution in [3.8, 4) is 0 Å². The molecule has 18 heavy (non-hydrogen) atoms. The van der Waals surface area contributed by atoms with Crippen LogP contribution in [-0.4, -0.2) is 33.0 Å².